The average molecular weight is 265 g/mol. The Morgan fingerprint density at radius 3 is 3.00 bits per heavy atom. The van der Waals surface area contributed by atoms with Gasteiger partial charge in [-0.15, -0.1) is 17.9 Å². The second kappa shape index (κ2) is 5.84. The van der Waals surface area contributed by atoms with Crippen molar-refractivity contribution in [2.45, 2.75) is 6.42 Å². The van der Waals surface area contributed by atoms with E-state index in [1.54, 1.807) is 11.3 Å². The summed E-state index contributed by atoms with van der Waals surface area (Å²) in [5.74, 6) is 0. The van der Waals surface area contributed by atoms with Gasteiger partial charge in [0.25, 0.3) is 0 Å². The first kappa shape index (κ1) is 12.1. The van der Waals surface area contributed by atoms with Gasteiger partial charge in [-0.1, -0.05) is 35.9 Å². The highest BCUT2D eigenvalue weighted by Crippen LogP contribution is 2.30. The summed E-state index contributed by atoms with van der Waals surface area (Å²) >= 11 is 7.71. The maximum absolute atomic E-state index is 6.13. The molecule has 88 valence electrons. The number of thiazole rings is 1. The topological polar surface area (TPSA) is 24.9 Å². The molecule has 0 aliphatic rings. The van der Waals surface area contributed by atoms with Crippen LogP contribution >= 0.6 is 22.9 Å². The zero-order valence-corrected chi connectivity index (χ0v) is 10.9. The van der Waals surface area contributed by atoms with Crippen LogP contribution < -0.4 is 5.32 Å². The number of hydrogen-bond acceptors (Lipinski definition) is 3. The summed E-state index contributed by atoms with van der Waals surface area (Å²) in [6.07, 6.45) is 2.82. The van der Waals surface area contributed by atoms with Gasteiger partial charge in [-0.3, -0.25) is 0 Å². The molecule has 1 heterocycles. The van der Waals surface area contributed by atoms with Gasteiger partial charge in [0, 0.05) is 22.5 Å². The lowest BCUT2D eigenvalue weighted by Crippen LogP contribution is -1.99. The van der Waals surface area contributed by atoms with Crippen molar-refractivity contribution in [1.82, 2.24) is 4.98 Å². The Morgan fingerprint density at radius 2 is 2.24 bits per heavy atom. The fourth-order valence-corrected chi connectivity index (χ4v) is 2.40. The van der Waals surface area contributed by atoms with Gasteiger partial charge in [-0.05, 0) is 12.5 Å². The summed E-state index contributed by atoms with van der Waals surface area (Å²) in [6, 6.07) is 7.73. The maximum Gasteiger partial charge on any atom is 0.183 e. The molecule has 2 aromatic rings. The van der Waals surface area contributed by atoms with Crippen LogP contribution in [-0.2, 0) is 0 Å². The third-order valence-corrected chi connectivity index (χ3v) is 3.41. The summed E-state index contributed by atoms with van der Waals surface area (Å²) in [4.78, 5) is 4.50. The molecule has 0 amide bonds. The number of rotatable bonds is 5. The van der Waals surface area contributed by atoms with Crippen LogP contribution in [-0.4, -0.2) is 11.5 Å². The largest absolute Gasteiger partial charge is 0.361 e. The van der Waals surface area contributed by atoms with Crippen LogP contribution in [0, 0.1) is 0 Å². The van der Waals surface area contributed by atoms with Crippen molar-refractivity contribution < 1.29 is 0 Å². The Balaban J connectivity index is 2.13. The third kappa shape index (κ3) is 3.08. The van der Waals surface area contributed by atoms with Gasteiger partial charge in [0.1, 0.15) is 0 Å². The molecular weight excluding hydrogens is 252 g/mol. The highest BCUT2D eigenvalue weighted by molar-refractivity contribution is 7.14. The van der Waals surface area contributed by atoms with E-state index in [4.69, 9.17) is 11.6 Å². The minimum absolute atomic E-state index is 0.732. The first-order valence-electron chi connectivity index (χ1n) is 5.36. The van der Waals surface area contributed by atoms with Crippen molar-refractivity contribution in [3.8, 4) is 11.3 Å². The van der Waals surface area contributed by atoms with E-state index in [0.29, 0.717) is 0 Å². The number of halogens is 1. The molecule has 4 heteroatoms. The van der Waals surface area contributed by atoms with E-state index in [-0.39, 0.29) is 0 Å². The van der Waals surface area contributed by atoms with Gasteiger partial charge in [0.2, 0.25) is 0 Å². The van der Waals surface area contributed by atoms with E-state index in [2.05, 4.69) is 16.9 Å². The number of anilines is 1. The van der Waals surface area contributed by atoms with Gasteiger partial charge < -0.3 is 5.32 Å². The second-order valence-corrected chi connectivity index (χ2v) is 4.79. The lowest BCUT2D eigenvalue weighted by atomic mass is 10.2. The molecule has 0 unspecified atom stereocenters. The lowest BCUT2D eigenvalue weighted by Gasteiger charge is -2.00. The van der Waals surface area contributed by atoms with Crippen LogP contribution in [0.15, 0.2) is 42.3 Å². The normalized spacial score (nSPS) is 10.2. The van der Waals surface area contributed by atoms with E-state index in [1.807, 2.05) is 35.7 Å². The Morgan fingerprint density at radius 1 is 1.41 bits per heavy atom. The standard InChI is InChI=1S/C13H13ClN2S/c1-2-3-8-15-13-16-12(9-17-13)10-6-4-5-7-11(10)14/h2,4-7,9H,1,3,8H2,(H,15,16). The molecule has 17 heavy (non-hydrogen) atoms. The number of aromatic nitrogens is 1. The van der Waals surface area contributed by atoms with Crippen LogP contribution in [0.5, 0.6) is 0 Å². The van der Waals surface area contributed by atoms with E-state index in [1.165, 1.54) is 0 Å². The average Bonchev–Trinajstić information content (AvgIpc) is 2.79. The van der Waals surface area contributed by atoms with Crippen molar-refractivity contribution in [3.63, 3.8) is 0 Å². The third-order valence-electron chi connectivity index (χ3n) is 2.28. The quantitative estimate of drug-likeness (QED) is 0.637. The summed E-state index contributed by atoms with van der Waals surface area (Å²) in [5.41, 5.74) is 1.89. The minimum atomic E-state index is 0.732. The molecule has 0 bridgehead atoms. The molecule has 0 fully saturated rings. The number of nitrogens with one attached hydrogen (secondary N) is 1. The Labute approximate surface area is 110 Å². The maximum atomic E-state index is 6.13. The predicted molar refractivity (Wildman–Crippen MR) is 75.9 cm³/mol. The summed E-state index contributed by atoms with van der Waals surface area (Å²) < 4.78 is 0. The molecule has 1 N–H and O–H groups in total. The molecule has 0 radical (unpaired) electrons. The molecule has 2 nitrogen and oxygen atoms in total. The van der Waals surface area contributed by atoms with Gasteiger partial charge in [-0.25, -0.2) is 4.98 Å². The van der Waals surface area contributed by atoms with Gasteiger partial charge >= 0.3 is 0 Å². The fraction of sp³-hybridized carbons (Fsp3) is 0.154. The Bertz CT molecular complexity index is 508. The van der Waals surface area contributed by atoms with Crippen molar-refractivity contribution in [2.24, 2.45) is 0 Å². The Kier molecular flexibility index (Phi) is 4.18. The molecule has 0 spiro atoms. The number of hydrogen-bond donors (Lipinski definition) is 1. The fourth-order valence-electron chi connectivity index (χ4n) is 1.43. The van der Waals surface area contributed by atoms with Crippen LogP contribution in [0.1, 0.15) is 6.42 Å². The van der Waals surface area contributed by atoms with Gasteiger partial charge in [0.15, 0.2) is 5.13 Å². The van der Waals surface area contributed by atoms with E-state index >= 15 is 0 Å². The van der Waals surface area contributed by atoms with Crippen molar-refractivity contribution in [3.05, 3.63) is 47.3 Å². The Hall–Kier alpha value is -1.32. The first-order chi connectivity index (χ1) is 8.31. The van der Waals surface area contributed by atoms with Crippen LogP contribution in [0.3, 0.4) is 0 Å². The van der Waals surface area contributed by atoms with Crippen LogP contribution in [0.4, 0.5) is 5.13 Å². The second-order valence-electron chi connectivity index (χ2n) is 3.52. The molecule has 0 saturated heterocycles. The molecule has 2 rings (SSSR count). The summed E-state index contributed by atoms with van der Waals surface area (Å²) in [7, 11) is 0. The van der Waals surface area contributed by atoms with Crippen molar-refractivity contribution in [1.29, 1.82) is 0 Å². The highest BCUT2D eigenvalue weighted by Gasteiger charge is 2.06. The van der Waals surface area contributed by atoms with E-state index in [9.17, 15) is 0 Å². The van der Waals surface area contributed by atoms with Gasteiger partial charge in [0.05, 0.1) is 5.69 Å². The minimum Gasteiger partial charge on any atom is -0.361 e. The van der Waals surface area contributed by atoms with Crippen LogP contribution in [0.25, 0.3) is 11.3 Å². The monoisotopic (exact) mass is 264 g/mol. The molecule has 1 aromatic carbocycles. The number of nitrogens with zero attached hydrogens (tertiary/aromatic N) is 1. The van der Waals surface area contributed by atoms with E-state index in [0.717, 1.165) is 34.4 Å². The summed E-state index contributed by atoms with van der Waals surface area (Å²) in [5, 5.41) is 6.91. The lowest BCUT2D eigenvalue weighted by molar-refractivity contribution is 1.06. The molecule has 0 aliphatic heterocycles. The van der Waals surface area contributed by atoms with E-state index < -0.39 is 0 Å². The number of benzene rings is 1. The van der Waals surface area contributed by atoms with Gasteiger partial charge in [-0.2, -0.15) is 0 Å². The molecule has 0 saturated carbocycles. The predicted octanol–water partition coefficient (Wildman–Crippen LogP) is 4.45. The molecule has 1 aromatic heterocycles. The highest BCUT2D eigenvalue weighted by atomic mass is 35.5. The SMILES string of the molecule is C=CCCNc1nc(-c2ccccc2Cl)cs1. The van der Waals surface area contributed by atoms with Crippen molar-refractivity contribution in [2.75, 3.05) is 11.9 Å². The molecule has 0 aliphatic carbocycles. The first-order valence-corrected chi connectivity index (χ1v) is 6.62. The van der Waals surface area contributed by atoms with Crippen molar-refractivity contribution >= 4 is 28.1 Å². The summed E-state index contributed by atoms with van der Waals surface area (Å²) in [6.45, 7) is 4.54. The zero-order chi connectivity index (χ0) is 12.1. The molecule has 0 atom stereocenters. The zero-order valence-electron chi connectivity index (χ0n) is 9.32. The smallest absolute Gasteiger partial charge is 0.183 e. The molecular formula is C13H13ClN2S. The van der Waals surface area contributed by atoms with Crippen LogP contribution in [0.2, 0.25) is 5.02 Å².